The largest absolute Gasteiger partial charge is 0.384 e. The molecule has 3 N–H and O–H groups in total. The normalized spacial score (nSPS) is 13.4. The summed E-state index contributed by atoms with van der Waals surface area (Å²) >= 11 is 0. The van der Waals surface area contributed by atoms with Gasteiger partial charge in [-0.15, -0.1) is 0 Å². The first-order valence-electron chi connectivity index (χ1n) is 6.01. The first-order valence-corrected chi connectivity index (χ1v) is 6.01. The second kappa shape index (κ2) is 4.18. The van der Waals surface area contributed by atoms with Crippen molar-refractivity contribution in [2.75, 3.05) is 4.90 Å². The Morgan fingerprint density at radius 1 is 0.944 bits per heavy atom. The zero-order valence-electron chi connectivity index (χ0n) is 10.1. The van der Waals surface area contributed by atoms with Gasteiger partial charge in [0.2, 0.25) is 0 Å². The quantitative estimate of drug-likeness (QED) is 0.623. The van der Waals surface area contributed by atoms with Gasteiger partial charge in [-0.1, -0.05) is 36.4 Å². The Morgan fingerprint density at radius 2 is 1.50 bits per heavy atom. The summed E-state index contributed by atoms with van der Waals surface area (Å²) in [5, 5.41) is 7.65. The number of nitrogens with one attached hydrogen (secondary N) is 1. The maximum absolute atomic E-state index is 7.65. The highest BCUT2D eigenvalue weighted by Gasteiger charge is 2.20. The van der Waals surface area contributed by atoms with Crippen LogP contribution in [0.2, 0.25) is 0 Å². The van der Waals surface area contributed by atoms with Crippen LogP contribution in [-0.4, -0.2) is 5.84 Å². The Labute approximate surface area is 106 Å². The molecule has 1 heterocycles. The third kappa shape index (κ3) is 1.74. The van der Waals surface area contributed by atoms with Gasteiger partial charge in [-0.3, -0.25) is 5.41 Å². The van der Waals surface area contributed by atoms with Crippen molar-refractivity contribution in [1.82, 2.24) is 0 Å². The van der Waals surface area contributed by atoms with Crippen molar-refractivity contribution in [1.29, 1.82) is 5.41 Å². The summed E-state index contributed by atoms with van der Waals surface area (Å²) in [6, 6.07) is 16.3. The fraction of sp³-hybridized carbons (Fsp3) is 0.133. The first-order chi connectivity index (χ1) is 8.75. The van der Waals surface area contributed by atoms with Gasteiger partial charge in [-0.2, -0.15) is 0 Å². The average Bonchev–Trinajstić information content (AvgIpc) is 2.82. The van der Waals surface area contributed by atoms with Gasteiger partial charge in [-0.05, 0) is 23.3 Å². The molecule has 3 heteroatoms. The van der Waals surface area contributed by atoms with E-state index in [9.17, 15) is 0 Å². The molecule has 0 aromatic heterocycles. The van der Waals surface area contributed by atoms with Crippen LogP contribution in [0, 0.1) is 5.41 Å². The topological polar surface area (TPSA) is 53.1 Å². The lowest BCUT2D eigenvalue weighted by molar-refractivity contribution is 0.879. The molecule has 0 bridgehead atoms. The van der Waals surface area contributed by atoms with E-state index in [1.165, 1.54) is 11.1 Å². The van der Waals surface area contributed by atoms with Gasteiger partial charge in [0.1, 0.15) is 5.84 Å². The summed E-state index contributed by atoms with van der Waals surface area (Å²) in [7, 11) is 0. The summed E-state index contributed by atoms with van der Waals surface area (Å²) in [6.07, 6.45) is 0. The van der Waals surface area contributed by atoms with E-state index in [1.807, 2.05) is 24.3 Å². The van der Waals surface area contributed by atoms with Crippen LogP contribution in [0.5, 0.6) is 0 Å². The second-order valence-electron chi connectivity index (χ2n) is 4.56. The summed E-state index contributed by atoms with van der Waals surface area (Å²) in [5.41, 5.74) is 10.2. The number of nitrogens with two attached hydrogens (primary N) is 1. The Hall–Kier alpha value is -2.29. The number of amidine groups is 1. The molecule has 0 saturated heterocycles. The van der Waals surface area contributed by atoms with E-state index in [2.05, 4.69) is 29.2 Å². The van der Waals surface area contributed by atoms with E-state index in [-0.39, 0.29) is 5.84 Å². The molecule has 0 aliphatic carbocycles. The second-order valence-corrected chi connectivity index (χ2v) is 4.56. The molecule has 0 amide bonds. The molecular formula is C15H15N3. The molecule has 0 fully saturated rings. The first kappa shape index (κ1) is 10.8. The summed E-state index contributed by atoms with van der Waals surface area (Å²) in [5.74, 6) is 0.126. The molecule has 90 valence electrons. The van der Waals surface area contributed by atoms with Gasteiger partial charge >= 0.3 is 0 Å². The van der Waals surface area contributed by atoms with Crippen LogP contribution in [0.1, 0.15) is 16.7 Å². The number of benzene rings is 2. The average molecular weight is 237 g/mol. The van der Waals surface area contributed by atoms with Crippen LogP contribution in [0.4, 0.5) is 5.69 Å². The van der Waals surface area contributed by atoms with Gasteiger partial charge in [0.05, 0.1) is 0 Å². The summed E-state index contributed by atoms with van der Waals surface area (Å²) in [4.78, 5) is 2.27. The molecule has 3 nitrogen and oxygen atoms in total. The van der Waals surface area contributed by atoms with Crippen LogP contribution < -0.4 is 10.6 Å². The van der Waals surface area contributed by atoms with Crippen molar-refractivity contribution in [3.63, 3.8) is 0 Å². The number of nitrogens with zero attached hydrogens (tertiary/aromatic N) is 1. The highest BCUT2D eigenvalue weighted by molar-refractivity contribution is 6.00. The van der Waals surface area contributed by atoms with Crippen molar-refractivity contribution < 1.29 is 0 Å². The number of fused-ring (bicyclic) bond motifs is 1. The highest BCUT2D eigenvalue weighted by atomic mass is 15.1. The van der Waals surface area contributed by atoms with Crippen LogP contribution >= 0.6 is 0 Å². The highest BCUT2D eigenvalue weighted by Crippen LogP contribution is 2.30. The zero-order valence-corrected chi connectivity index (χ0v) is 10.1. The van der Waals surface area contributed by atoms with Crippen LogP contribution in [0.15, 0.2) is 48.5 Å². The molecule has 2 aromatic rings. The molecule has 1 aliphatic rings. The monoisotopic (exact) mass is 237 g/mol. The molecule has 0 spiro atoms. The van der Waals surface area contributed by atoms with Crippen molar-refractivity contribution in [3.8, 4) is 0 Å². The molecule has 1 aliphatic heterocycles. The van der Waals surface area contributed by atoms with Crippen LogP contribution in [0.25, 0.3) is 0 Å². The van der Waals surface area contributed by atoms with E-state index in [4.69, 9.17) is 11.1 Å². The Balaban J connectivity index is 1.98. The number of hydrogen-bond acceptors (Lipinski definition) is 2. The maximum Gasteiger partial charge on any atom is 0.124 e. The predicted molar refractivity (Wildman–Crippen MR) is 73.8 cm³/mol. The fourth-order valence-electron chi connectivity index (χ4n) is 2.48. The molecule has 0 atom stereocenters. The summed E-state index contributed by atoms with van der Waals surface area (Å²) in [6.45, 7) is 1.78. The van der Waals surface area contributed by atoms with E-state index < -0.39 is 0 Å². The van der Waals surface area contributed by atoms with Crippen molar-refractivity contribution >= 4 is 11.5 Å². The van der Waals surface area contributed by atoms with Gasteiger partial charge < -0.3 is 10.6 Å². The Morgan fingerprint density at radius 3 is 2.11 bits per heavy atom. The number of nitrogen functional groups attached to an aromatic ring is 1. The molecule has 18 heavy (non-hydrogen) atoms. The Bertz CT molecular complexity index is 579. The predicted octanol–water partition coefficient (Wildman–Crippen LogP) is 2.49. The molecule has 2 aromatic carbocycles. The van der Waals surface area contributed by atoms with Gasteiger partial charge in [0.15, 0.2) is 0 Å². The van der Waals surface area contributed by atoms with E-state index in [1.54, 1.807) is 0 Å². The van der Waals surface area contributed by atoms with Gasteiger partial charge in [-0.25, -0.2) is 0 Å². The summed E-state index contributed by atoms with van der Waals surface area (Å²) < 4.78 is 0. The molecule has 3 rings (SSSR count). The van der Waals surface area contributed by atoms with Crippen molar-refractivity contribution in [3.05, 3.63) is 65.2 Å². The molecule has 0 unspecified atom stereocenters. The van der Waals surface area contributed by atoms with E-state index >= 15 is 0 Å². The standard InChI is InChI=1S/C15H15N3/c16-15(17)13-7-3-4-8-14(13)18-9-11-5-1-2-6-12(11)10-18/h1-8H,9-10H2,(H3,16,17). The lowest BCUT2D eigenvalue weighted by Crippen LogP contribution is -2.21. The number of hydrogen-bond donors (Lipinski definition) is 2. The molecule has 0 saturated carbocycles. The minimum Gasteiger partial charge on any atom is -0.384 e. The third-order valence-corrected chi connectivity index (χ3v) is 3.38. The van der Waals surface area contributed by atoms with Gasteiger partial charge in [0.25, 0.3) is 0 Å². The van der Waals surface area contributed by atoms with E-state index in [0.29, 0.717) is 0 Å². The SMILES string of the molecule is N=C(N)c1ccccc1N1Cc2ccccc2C1. The van der Waals surface area contributed by atoms with Crippen LogP contribution in [-0.2, 0) is 13.1 Å². The number of para-hydroxylation sites is 1. The third-order valence-electron chi connectivity index (χ3n) is 3.38. The molecular weight excluding hydrogens is 222 g/mol. The smallest absolute Gasteiger partial charge is 0.124 e. The zero-order chi connectivity index (χ0) is 12.5. The maximum atomic E-state index is 7.65. The fourth-order valence-corrected chi connectivity index (χ4v) is 2.48. The van der Waals surface area contributed by atoms with Gasteiger partial charge in [0, 0.05) is 24.3 Å². The van der Waals surface area contributed by atoms with E-state index in [0.717, 1.165) is 24.3 Å². The lowest BCUT2D eigenvalue weighted by atomic mass is 10.1. The Kier molecular flexibility index (Phi) is 2.52. The minimum atomic E-state index is 0.126. The van der Waals surface area contributed by atoms with Crippen molar-refractivity contribution in [2.45, 2.75) is 13.1 Å². The molecule has 0 radical (unpaired) electrons. The minimum absolute atomic E-state index is 0.126. The lowest BCUT2D eigenvalue weighted by Gasteiger charge is -2.20. The number of rotatable bonds is 2. The van der Waals surface area contributed by atoms with Crippen molar-refractivity contribution in [2.24, 2.45) is 5.73 Å². The number of anilines is 1. The van der Waals surface area contributed by atoms with Crippen LogP contribution in [0.3, 0.4) is 0 Å².